The SMILES string of the molecule is c1ccc(-c2c3ccccc3c(-c3ccc(-c4cc5cc6ccccc6cc5c5ccccc45)c4ccccc34)c3ccccc23)cc1. The molecule has 10 rings (SSSR count). The molecule has 0 atom stereocenters. The molecule has 0 saturated heterocycles. The monoisotopic (exact) mass is 606 g/mol. The lowest BCUT2D eigenvalue weighted by molar-refractivity contribution is 1.66. The van der Waals surface area contributed by atoms with Crippen molar-refractivity contribution in [1.29, 1.82) is 0 Å². The summed E-state index contributed by atoms with van der Waals surface area (Å²) in [5.74, 6) is 0. The minimum Gasteiger partial charge on any atom is -0.0622 e. The molecule has 0 aliphatic heterocycles. The highest BCUT2D eigenvalue weighted by Gasteiger charge is 2.19. The van der Waals surface area contributed by atoms with Crippen molar-refractivity contribution < 1.29 is 0 Å². The van der Waals surface area contributed by atoms with Crippen molar-refractivity contribution in [1.82, 2.24) is 0 Å². The third-order valence-electron chi connectivity index (χ3n) is 10.2. The summed E-state index contributed by atoms with van der Waals surface area (Å²) < 4.78 is 0. The highest BCUT2D eigenvalue weighted by molar-refractivity contribution is 6.25. The zero-order valence-electron chi connectivity index (χ0n) is 26.3. The van der Waals surface area contributed by atoms with Crippen molar-refractivity contribution in [2.75, 3.05) is 0 Å². The van der Waals surface area contributed by atoms with Crippen LogP contribution in [0.2, 0.25) is 0 Å². The van der Waals surface area contributed by atoms with Crippen LogP contribution in [0.4, 0.5) is 0 Å². The Morgan fingerprint density at radius 2 is 0.646 bits per heavy atom. The normalized spacial score (nSPS) is 11.8. The van der Waals surface area contributed by atoms with Crippen LogP contribution in [0.15, 0.2) is 182 Å². The summed E-state index contributed by atoms with van der Waals surface area (Å²) in [6, 6.07) is 67.1. The van der Waals surface area contributed by atoms with Crippen LogP contribution < -0.4 is 0 Å². The van der Waals surface area contributed by atoms with Gasteiger partial charge in [0.2, 0.25) is 0 Å². The van der Waals surface area contributed by atoms with E-state index >= 15 is 0 Å². The van der Waals surface area contributed by atoms with Gasteiger partial charge in [-0.1, -0.05) is 164 Å². The van der Waals surface area contributed by atoms with E-state index in [1.165, 1.54) is 98.0 Å². The van der Waals surface area contributed by atoms with Crippen molar-refractivity contribution >= 4 is 64.6 Å². The first kappa shape index (κ1) is 26.9. The van der Waals surface area contributed by atoms with Gasteiger partial charge in [0.1, 0.15) is 0 Å². The second-order valence-corrected chi connectivity index (χ2v) is 12.8. The molecule has 0 heteroatoms. The van der Waals surface area contributed by atoms with Crippen LogP contribution in [0.3, 0.4) is 0 Å². The fourth-order valence-corrected chi connectivity index (χ4v) is 8.11. The van der Waals surface area contributed by atoms with Gasteiger partial charge in [-0.05, 0) is 116 Å². The fourth-order valence-electron chi connectivity index (χ4n) is 8.11. The van der Waals surface area contributed by atoms with Crippen LogP contribution >= 0.6 is 0 Å². The van der Waals surface area contributed by atoms with E-state index in [0.29, 0.717) is 0 Å². The minimum absolute atomic E-state index is 1.24. The van der Waals surface area contributed by atoms with Crippen molar-refractivity contribution in [2.45, 2.75) is 0 Å². The lowest BCUT2D eigenvalue weighted by atomic mass is 9.83. The average Bonchev–Trinajstić information content (AvgIpc) is 3.16. The summed E-state index contributed by atoms with van der Waals surface area (Å²) in [7, 11) is 0. The Morgan fingerprint density at radius 3 is 1.27 bits per heavy atom. The van der Waals surface area contributed by atoms with Crippen LogP contribution in [-0.4, -0.2) is 0 Å². The summed E-state index contributed by atoms with van der Waals surface area (Å²) in [4.78, 5) is 0. The fraction of sp³-hybridized carbons (Fsp3) is 0. The molecular weight excluding hydrogens is 577 g/mol. The maximum atomic E-state index is 2.41. The smallest absolute Gasteiger partial charge is 0.00201 e. The second kappa shape index (κ2) is 10.7. The first-order valence-electron chi connectivity index (χ1n) is 16.7. The van der Waals surface area contributed by atoms with Crippen LogP contribution in [0, 0.1) is 0 Å². The van der Waals surface area contributed by atoms with E-state index in [4.69, 9.17) is 0 Å². The van der Waals surface area contributed by atoms with E-state index in [-0.39, 0.29) is 0 Å². The van der Waals surface area contributed by atoms with Crippen molar-refractivity contribution in [2.24, 2.45) is 0 Å². The highest BCUT2D eigenvalue weighted by atomic mass is 14.2. The van der Waals surface area contributed by atoms with Crippen LogP contribution in [-0.2, 0) is 0 Å². The van der Waals surface area contributed by atoms with Crippen molar-refractivity contribution in [3.63, 3.8) is 0 Å². The van der Waals surface area contributed by atoms with Gasteiger partial charge >= 0.3 is 0 Å². The van der Waals surface area contributed by atoms with Gasteiger partial charge in [-0.2, -0.15) is 0 Å². The van der Waals surface area contributed by atoms with Crippen LogP contribution in [0.1, 0.15) is 0 Å². The first-order chi connectivity index (χ1) is 23.8. The van der Waals surface area contributed by atoms with Crippen LogP contribution in [0.5, 0.6) is 0 Å². The predicted octanol–water partition coefficient (Wildman–Crippen LogP) is 13.6. The summed E-state index contributed by atoms with van der Waals surface area (Å²) in [6.45, 7) is 0. The van der Waals surface area contributed by atoms with Gasteiger partial charge in [0.15, 0.2) is 0 Å². The zero-order chi connectivity index (χ0) is 31.6. The van der Waals surface area contributed by atoms with E-state index < -0.39 is 0 Å². The highest BCUT2D eigenvalue weighted by Crippen LogP contribution is 2.47. The van der Waals surface area contributed by atoms with Gasteiger partial charge in [-0.3, -0.25) is 0 Å². The Kier molecular flexibility index (Phi) is 5.98. The molecule has 0 aliphatic carbocycles. The Labute approximate surface area is 279 Å². The lowest BCUT2D eigenvalue weighted by Crippen LogP contribution is -1.93. The standard InChI is InChI=1S/C48H30/c1-2-14-31(15-3-1)47-40-22-10-12-24-42(40)48(43-25-13-11-23-41(43)47)44-27-26-39(35-18-6-7-19-36(35)44)46-30-34-28-32-16-4-5-17-33(32)29-45(34)37-20-8-9-21-38(37)46/h1-30H. The second-order valence-electron chi connectivity index (χ2n) is 12.8. The van der Waals surface area contributed by atoms with Crippen LogP contribution in [0.25, 0.3) is 98.0 Å². The summed E-state index contributed by atoms with van der Waals surface area (Å²) in [5, 5.41) is 15.3. The topological polar surface area (TPSA) is 0 Å². The van der Waals surface area contributed by atoms with Gasteiger partial charge in [0, 0.05) is 0 Å². The zero-order valence-corrected chi connectivity index (χ0v) is 26.3. The summed E-state index contributed by atoms with van der Waals surface area (Å²) >= 11 is 0. The van der Waals surface area contributed by atoms with E-state index in [2.05, 4.69) is 182 Å². The molecule has 0 aliphatic rings. The molecule has 0 bridgehead atoms. The molecule has 222 valence electrons. The largest absolute Gasteiger partial charge is 0.0622 e. The summed E-state index contributed by atoms with van der Waals surface area (Å²) in [6.07, 6.45) is 0. The molecule has 0 radical (unpaired) electrons. The van der Waals surface area contributed by atoms with E-state index in [0.717, 1.165) is 0 Å². The molecule has 10 aromatic rings. The lowest BCUT2D eigenvalue weighted by Gasteiger charge is -2.20. The quantitative estimate of drug-likeness (QED) is 0.139. The summed E-state index contributed by atoms with van der Waals surface area (Å²) in [5.41, 5.74) is 7.62. The molecule has 0 saturated carbocycles. The van der Waals surface area contributed by atoms with E-state index in [1.54, 1.807) is 0 Å². The first-order valence-corrected chi connectivity index (χ1v) is 16.7. The van der Waals surface area contributed by atoms with Crippen molar-refractivity contribution in [3.8, 4) is 33.4 Å². The third kappa shape index (κ3) is 4.03. The van der Waals surface area contributed by atoms with Crippen molar-refractivity contribution in [3.05, 3.63) is 182 Å². The number of benzene rings is 10. The average molecular weight is 607 g/mol. The maximum absolute atomic E-state index is 2.41. The maximum Gasteiger partial charge on any atom is -0.00201 e. The molecule has 0 unspecified atom stereocenters. The minimum atomic E-state index is 1.24. The molecule has 0 amide bonds. The van der Waals surface area contributed by atoms with Gasteiger partial charge in [0.05, 0.1) is 0 Å². The number of rotatable bonds is 3. The van der Waals surface area contributed by atoms with Gasteiger partial charge < -0.3 is 0 Å². The molecule has 0 nitrogen and oxygen atoms in total. The van der Waals surface area contributed by atoms with Gasteiger partial charge in [-0.15, -0.1) is 0 Å². The Bertz CT molecular complexity index is 2820. The predicted molar refractivity (Wildman–Crippen MR) is 208 cm³/mol. The molecule has 0 aromatic heterocycles. The Balaban J connectivity index is 1.29. The van der Waals surface area contributed by atoms with Gasteiger partial charge in [0.25, 0.3) is 0 Å². The number of hydrogen-bond donors (Lipinski definition) is 0. The molecule has 0 heterocycles. The Hall–Kier alpha value is -6.24. The molecule has 0 N–H and O–H groups in total. The number of hydrogen-bond acceptors (Lipinski definition) is 0. The molecular formula is C48H30. The van der Waals surface area contributed by atoms with E-state index in [1.807, 2.05) is 0 Å². The molecule has 0 spiro atoms. The molecule has 48 heavy (non-hydrogen) atoms. The number of fused-ring (bicyclic) bond motifs is 7. The third-order valence-corrected chi connectivity index (χ3v) is 10.2. The van der Waals surface area contributed by atoms with E-state index in [9.17, 15) is 0 Å². The molecule has 0 fully saturated rings. The Morgan fingerprint density at radius 1 is 0.208 bits per heavy atom. The van der Waals surface area contributed by atoms with Gasteiger partial charge in [-0.25, -0.2) is 0 Å². The molecule has 10 aromatic carbocycles.